The largest absolute Gasteiger partial charge is 0.344 e. The first-order valence-corrected chi connectivity index (χ1v) is 14.5. The van der Waals surface area contributed by atoms with Crippen molar-refractivity contribution in [3.05, 3.63) is 143 Å². The molecule has 192 valence electrons. The van der Waals surface area contributed by atoms with Gasteiger partial charge in [-0.25, -0.2) is 9.98 Å². The predicted octanol–water partition coefficient (Wildman–Crippen LogP) is 8.86. The highest BCUT2D eigenvalue weighted by Crippen LogP contribution is 2.50. The van der Waals surface area contributed by atoms with Gasteiger partial charge in [-0.2, -0.15) is 0 Å². The second kappa shape index (κ2) is 8.73. The number of nitrogens with one attached hydrogen (secondary N) is 1. The summed E-state index contributed by atoms with van der Waals surface area (Å²) in [5, 5.41) is 6.25. The zero-order valence-electron chi connectivity index (χ0n) is 22.3. The fourth-order valence-electron chi connectivity index (χ4n) is 6.39. The minimum Gasteiger partial charge on any atom is -0.344 e. The summed E-state index contributed by atoms with van der Waals surface area (Å²) in [6.07, 6.45) is -0.242. The lowest BCUT2D eigenvalue weighted by atomic mass is 9.82. The average Bonchev–Trinajstić information content (AvgIpc) is 3.50. The Labute approximate surface area is 237 Å². The number of hydrogen-bond acceptors (Lipinski definition) is 4. The maximum atomic E-state index is 5.28. The Kier molecular flexibility index (Phi) is 5.10. The molecular formula is C36H27N3S. The Bertz CT molecular complexity index is 2010. The Balaban J connectivity index is 1.36. The molecule has 0 spiro atoms. The summed E-state index contributed by atoms with van der Waals surface area (Å²) in [6.45, 7) is 4.64. The molecule has 0 bridgehead atoms. The van der Waals surface area contributed by atoms with E-state index in [0.29, 0.717) is 0 Å². The van der Waals surface area contributed by atoms with E-state index in [4.69, 9.17) is 9.98 Å². The zero-order chi connectivity index (χ0) is 26.8. The quantitative estimate of drug-likeness (QED) is 0.242. The van der Waals surface area contributed by atoms with E-state index < -0.39 is 0 Å². The monoisotopic (exact) mass is 533 g/mol. The molecule has 0 fully saturated rings. The average molecular weight is 534 g/mol. The molecule has 1 N–H and O–H groups in total. The number of benzene rings is 5. The van der Waals surface area contributed by atoms with Crippen molar-refractivity contribution < 1.29 is 0 Å². The van der Waals surface area contributed by atoms with E-state index in [-0.39, 0.29) is 11.6 Å². The van der Waals surface area contributed by atoms with Crippen molar-refractivity contribution in [2.45, 2.75) is 25.4 Å². The van der Waals surface area contributed by atoms with Crippen LogP contribution in [-0.4, -0.2) is 11.7 Å². The molecule has 0 saturated carbocycles. The number of aliphatic imine (C=N–C) groups is 2. The van der Waals surface area contributed by atoms with E-state index in [1.54, 1.807) is 0 Å². The highest BCUT2D eigenvalue weighted by molar-refractivity contribution is 7.26. The smallest absolute Gasteiger partial charge is 0.160 e. The fourth-order valence-corrected chi connectivity index (χ4v) is 7.60. The third-order valence-electron chi connectivity index (χ3n) is 8.37. The summed E-state index contributed by atoms with van der Waals surface area (Å²) in [5.74, 6) is 1.63. The van der Waals surface area contributed by atoms with Crippen LogP contribution in [0.4, 0.5) is 0 Å². The Morgan fingerprint density at radius 3 is 2.23 bits per heavy atom. The van der Waals surface area contributed by atoms with Crippen molar-refractivity contribution in [1.29, 1.82) is 0 Å². The van der Waals surface area contributed by atoms with E-state index in [1.165, 1.54) is 42.4 Å². The van der Waals surface area contributed by atoms with Gasteiger partial charge in [-0.05, 0) is 39.9 Å². The number of nitrogens with zero attached hydrogens (tertiary/aromatic N) is 2. The molecule has 0 saturated heterocycles. The molecule has 5 aromatic carbocycles. The van der Waals surface area contributed by atoms with Crippen LogP contribution in [0.25, 0.3) is 31.3 Å². The third kappa shape index (κ3) is 3.42. The van der Waals surface area contributed by atoms with E-state index in [1.807, 2.05) is 17.4 Å². The van der Waals surface area contributed by atoms with Crippen molar-refractivity contribution in [2.75, 3.05) is 0 Å². The highest BCUT2D eigenvalue weighted by atomic mass is 32.1. The van der Waals surface area contributed by atoms with Gasteiger partial charge in [0.1, 0.15) is 12.0 Å². The van der Waals surface area contributed by atoms with Gasteiger partial charge in [0.15, 0.2) is 5.84 Å². The molecule has 8 rings (SSSR count). The molecule has 2 heterocycles. The van der Waals surface area contributed by atoms with Gasteiger partial charge in [0, 0.05) is 36.7 Å². The zero-order valence-corrected chi connectivity index (χ0v) is 23.2. The second-order valence-corrected chi connectivity index (χ2v) is 12.1. The van der Waals surface area contributed by atoms with Crippen LogP contribution in [0.15, 0.2) is 125 Å². The number of fused-ring (bicyclic) bond motifs is 6. The van der Waals surface area contributed by atoms with Crippen LogP contribution < -0.4 is 5.32 Å². The van der Waals surface area contributed by atoms with Crippen molar-refractivity contribution in [3.8, 4) is 11.1 Å². The Morgan fingerprint density at radius 2 is 1.32 bits per heavy atom. The molecule has 1 aromatic heterocycles. The van der Waals surface area contributed by atoms with E-state index in [2.05, 4.69) is 128 Å². The van der Waals surface area contributed by atoms with Gasteiger partial charge in [0.2, 0.25) is 0 Å². The van der Waals surface area contributed by atoms with Crippen LogP contribution in [0, 0.1) is 0 Å². The minimum atomic E-state index is -0.242. The summed E-state index contributed by atoms with van der Waals surface area (Å²) in [6, 6.07) is 41.0. The summed E-state index contributed by atoms with van der Waals surface area (Å²) in [5.41, 5.74) is 8.48. The third-order valence-corrected chi connectivity index (χ3v) is 9.59. The van der Waals surface area contributed by atoms with Crippen LogP contribution in [0.3, 0.4) is 0 Å². The predicted molar refractivity (Wildman–Crippen MR) is 169 cm³/mol. The topological polar surface area (TPSA) is 36.8 Å². The standard InChI is InChI=1S/C36H27N3S/c1-36(2)28-19-8-6-15-25(28)31-26(17-11-20-29(31)36)34-37-33(22-12-4-3-5-13-22)38-35(39-34)27-18-10-16-24-23-14-7-9-21-30(23)40-32(24)27/h3-21,33H,1-2H3,(H,37,38,39). The second-order valence-electron chi connectivity index (χ2n) is 11.0. The molecule has 40 heavy (non-hydrogen) atoms. The number of rotatable bonds is 3. The van der Waals surface area contributed by atoms with Crippen molar-refractivity contribution in [3.63, 3.8) is 0 Å². The molecule has 1 unspecified atom stereocenters. The Morgan fingerprint density at radius 1 is 0.650 bits per heavy atom. The first kappa shape index (κ1) is 23.4. The van der Waals surface area contributed by atoms with Crippen LogP contribution in [0.5, 0.6) is 0 Å². The number of thiophene rings is 1. The van der Waals surface area contributed by atoms with Crippen molar-refractivity contribution in [1.82, 2.24) is 5.32 Å². The van der Waals surface area contributed by atoms with Gasteiger partial charge < -0.3 is 5.32 Å². The highest BCUT2D eigenvalue weighted by Gasteiger charge is 2.37. The first-order chi connectivity index (χ1) is 19.6. The van der Waals surface area contributed by atoms with E-state index in [9.17, 15) is 0 Å². The number of amidine groups is 2. The normalized spacial score (nSPS) is 17.2. The lowest BCUT2D eigenvalue weighted by molar-refractivity contribution is 0.659. The van der Waals surface area contributed by atoms with Gasteiger partial charge in [-0.3, -0.25) is 0 Å². The molecule has 0 amide bonds. The molecular weight excluding hydrogens is 506 g/mol. The van der Waals surface area contributed by atoms with Gasteiger partial charge >= 0.3 is 0 Å². The summed E-state index contributed by atoms with van der Waals surface area (Å²) < 4.78 is 2.51. The van der Waals surface area contributed by atoms with Crippen molar-refractivity contribution in [2.24, 2.45) is 9.98 Å². The molecule has 1 aliphatic carbocycles. The lowest BCUT2D eigenvalue weighted by Crippen LogP contribution is -2.34. The first-order valence-electron chi connectivity index (χ1n) is 13.7. The van der Waals surface area contributed by atoms with Gasteiger partial charge in [-0.1, -0.05) is 117 Å². The molecule has 3 nitrogen and oxygen atoms in total. The van der Waals surface area contributed by atoms with Crippen LogP contribution in [-0.2, 0) is 5.41 Å². The Hall–Kier alpha value is -4.54. The minimum absolute atomic E-state index is 0.0738. The molecule has 4 heteroatoms. The lowest BCUT2D eigenvalue weighted by Gasteiger charge is -2.25. The fraction of sp³-hybridized carbons (Fsp3) is 0.111. The van der Waals surface area contributed by atoms with Gasteiger partial charge in [0.05, 0.1) is 0 Å². The summed E-state index contributed by atoms with van der Waals surface area (Å²) in [7, 11) is 0. The molecule has 0 radical (unpaired) electrons. The molecule has 6 aromatic rings. The van der Waals surface area contributed by atoms with Gasteiger partial charge in [-0.15, -0.1) is 11.3 Å². The molecule has 1 aliphatic heterocycles. The van der Waals surface area contributed by atoms with E-state index in [0.717, 1.165) is 28.4 Å². The van der Waals surface area contributed by atoms with Crippen LogP contribution in [0.1, 0.15) is 47.8 Å². The molecule has 1 atom stereocenters. The van der Waals surface area contributed by atoms with Crippen LogP contribution >= 0.6 is 11.3 Å². The summed E-state index contributed by atoms with van der Waals surface area (Å²) in [4.78, 5) is 10.5. The summed E-state index contributed by atoms with van der Waals surface area (Å²) >= 11 is 1.82. The van der Waals surface area contributed by atoms with Gasteiger partial charge in [0.25, 0.3) is 0 Å². The number of hydrogen-bond donors (Lipinski definition) is 1. The SMILES string of the molecule is CC1(C)c2ccccc2-c2c(C3=NC(c4cccc5c4sc4ccccc45)=NC(c4ccccc4)N3)cccc21. The maximum absolute atomic E-state index is 5.28. The van der Waals surface area contributed by atoms with Crippen LogP contribution in [0.2, 0.25) is 0 Å². The van der Waals surface area contributed by atoms with E-state index >= 15 is 0 Å². The maximum Gasteiger partial charge on any atom is 0.160 e. The van der Waals surface area contributed by atoms with Crippen molar-refractivity contribution >= 4 is 43.2 Å². The molecule has 2 aliphatic rings.